The van der Waals surface area contributed by atoms with Crippen molar-refractivity contribution in [3.63, 3.8) is 0 Å². The van der Waals surface area contributed by atoms with E-state index < -0.39 is 0 Å². The lowest BCUT2D eigenvalue weighted by Gasteiger charge is -2.28. The van der Waals surface area contributed by atoms with Gasteiger partial charge in [-0.25, -0.2) is 4.98 Å². The van der Waals surface area contributed by atoms with Crippen molar-refractivity contribution >= 4 is 5.91 Å². The number of ether oxygens (including phenoxy) is 1. The smallest absolute Gasteiger partial charge is 0.223 e. The molecule has 2 atom stereocenters. The highest BCUT2D eigenvalue weighted by Gasteiger charge is 2.26. The average molecular weight is 325 g/mol. The van der Waals surface area contributed by atoms with Crippen LogP contribution in [0.25, 0.3) is 0 Å². The molecule has 0 fully saturated rings. The lowest BCUT2D eigenvalue weighted by atomic mass is 9.95. The molecule has 2 aliphatic rings. The third kappa shape index (κ3) is 3.08. The molecule has 2 aromatic rings. The highest BCUT2D eigenvalue weighted by atomic mass is 16.5. The fourth-order valence-electron chi connectivity index (χ4n) is 3.80. The van der Waals surface area contributed by atoms with E-state index in [0.29, 0.717) is 13.0 Å². The van der Waals surface area contributed by atoms with Gasteiger partial charge in [0.1, 0.15) is 5.82 Å². The molecule has 0 spiro atoms. The second-order valence-electron chi connectivity index (χ2n) is 6.77. The normalized spacial score (nSPS) is 22.5. The second kappa shape index (κ2) is 6.40. The van der Waals surface area contributed by atoms with Crippen LogP contribution in [0.4, 0.5) is 0 Å². The molecule has 0 aliphatic carbocycles. The molecular weight excluding hydrogens is 302 g/mol. The van der Waals surface area contributed by atoms with Crippen molar-refractivity contribution < 1.29 is 9.53 Å². The van der Waals surface area contributed by atoms with Gasteiger partial charge in [-0.05, 0) is 30.9 Å². The number of benzene rings is 1. The van der Waals surface area contributed by atoms with Crippen LogP contribution in [-0.2, 0) is 28.9 Å². The van der Waals surface area contributed by atoms with Crippen LogP contribution in [0.1, 0.15) is 41.6 Å². The topological polar surface area (TPSA) is 56.2 Å². The van der Waals surface area contributed by atoms with Gasteiger partial charge in [-0.15, -0.1) is 0 Å². The van der Waals surface area contributed by atoms with Gasteiger partial charge in [0.15, 0.2) is 0 Å². The Kier molecular flexibility index (Phi) is 4.10. The summed E-state index contributed by atoms with van der Waals surface area (Å²) >= 11 is 0. The van der Waals surface area contributed by atoms with Gasteiger partial charge in [-0.3, -0.25) is 4.79 Å². The Morgan fingerprint density at radius 1 is 1.38 bits per heavy atom. The number of hydrogen-bond donors (Lipinski definition) is 1. The summed E-state index contributed by atoms with van der Waals surface area (Å²) in [6.45, 7) is 3.51. The van der Waals surface area contributed by atoms with Crippen LogP contribution in [-0.4, -0.2) is 28.1 Å². The zero-order valence-corrected chi connectivity index (χ0v) is 14.0. The molecule has 1 amide bonds. The molecule has 1 aromatic carbocycles. The molecule has 5 nitrogen and oxygen atoms in total. The lowest BCUT2D eigenvalue weighted by Crippen LogP contribution is -2.41. The SMILES string of the molecule is Cc1cn2c(n1)CC[C@@H](NC(=O)C[C@H]1OCCc3ccccc31)C2. The van der Waals surface area contributed by atoms with Gasteiger partial charge in [0.25, 0.3) is 0 Å². The van der Waals surface area contributed by atoms with Crippen LogP contribution >= 0.6 is 0 Å². The van der Waals surface area contributed by atoms with E-state index in [1.807, 2.05) is 19.1 Å². The van der Waals surface area contributed by atoms with Gasteiger partial charge in [0.2, 0.25) is 5.91 Å². The summed E-state index contributed by atoms with van der Waals surface area (Å²) in [6.07, 6.45) is 5.13. The van der Waals surface area contributed by atoms with Crippen LogP contribution < -0.4 is 5.32 Å². The lowest BCUT2D eigenvalue weighted by molar-refractivity contribution is -0.125. The molecule has 1 N–H and O–H groups in total. The van der Waals surface area contributed by atoms with E-state index in [-0.39, 0.29) is 18.1 Å². The van der Waals surface area contributed by atoms with Crippen molar-refractivity contribution in [2.24, 2.45) is 0 Å². The third-order valence-corrected chi connectivity index (χ3v) is 4.94. The molecule has 2 aliphatic heterocycles. The number of rotatable bonds is 3. The average Bonchev–Trinajstić information content (AvgIpc) is 2.94. The van der Waals surface area contributed by atoms with Gasteiger partial charge in [0.05, 0.1) is 24.8 Å². The van der Waals surface area contributed by atoms with Crippen molar-refractivity contribution in [1.82, 2.24) is 14.9 Å². The quantitative estimate of drug-likeness (QED) is 0.942. The van der Waals surface area contributed by atoms with Gasteiger partial charge in [-0.2, -0.15) is 0 Å². The van der Waals surface area contributed by atoms with Crippen LogP contribution in [0.15, 0.2) is 30.5 Å². The predicted molar refractivity (Wildman–Crippen MR) is 90.7 cm³/mol. The molecule has 0 bridgehead atoms. The van der Waals surface area contributed by atoms with E-state index >= 15 is 0 Å². The maximum absolute atomic E-state index is 12.5. The maximum atomic E-state index is 12.5. The standard InChI is InChI=1S/C19H23N3O2/c1-13-11-22-12-15(6-7-18(22)20-13)21-19(23)10-17-16-5-3-2-4-14(16)8-9-24-17/h2-5,11,15,17H,6-10,12H2,1H3,(H,21,23)/t15-,17-/m1/s1. The molecule has 0 unspecified atom stereocenters. The molecular formula is C19H23N3O2. The summed E-state index contributed by atoms with van der Waals surface area (Å²) in [4.78, 5) is 17.0. The Balaban J connectivity index is 1.38. The first-order chi connectivity index (χ1) is 11.7. The number of nitrogens with one attached hydrogen (secondary N) is 1. The molecule has 4 rings (SSSR count). The monoisotopic (exact) mass is 325 g/mol. The van der Waals surface area contributed by atoms with Crippen molar-refractivity contribution in [3.05, 3.63) is 53.1 Å². The third-order valence-electron chi connectivity index (χ3n) is 4.94. The number of fused-ring (bicyclic) bond motifs is 2. The summed E-state index contributed by atoms with van der Waals surface area (Å²) in [5.74, 6) is 1.20. The molecule has 0 saturated heterocycles. The van der Waals surface area contributed by atoms with Crippen molar-refractivity contribution in [2.75, 3.05) is 6.61 Å². The highest BCUT2D eigenvalue weighted by Crippen LogP contribution is 2.29. The number of aryl methyl sites for hydroxylation is 2. The van der Waals surface area contributed by atoms with Gasteiger partial charge in [0, 0.05) is 25.2 Å². The van der Waals surface area contributed by atoms with E-state index in [1.54, 1.807) is 0 Å². The Hall–Kier alpha value is -2.14. The first-order valence-corrected chi connectivity index (χ1v) is 8.70. The molecule has 3 heterocycles. The first kappa shape index (κ1) is 15.4. The predicted octanol–water partition coefficient (Wildman–Crippen LogP) is 2.33. The fourth-order valence-corrected chi connectivity index (χ4v) is 3.80. The minimum absolute atomic E-state index is 0.0713. The Bertz CT molecular complexity index is 753. The minimum Gasteiger partial charge on any atom is -0.373 e. The maximum Gasteiger partial charge on any atom is 0.223 e. The number of imidazole rings is 1. The fraction of sp³-hybridized carbons (Fsp3) is 0.474. The number of hydrogen-bond acceptors (Lipinski definition) is 3. The zero-order chi connectivity index (χ0) is 16.5. The number of aromatic nitrogens is 2. The van der Waals surface area contributed by atoms with E-state index in [9.17, 15) is 4.79 Å². The van der Waals surface area contributed by atoms with Gasteiger partial charge >= 0.3 is 0 Å². The van der Waals surface area contributed by atoms with E-state index in [1.165, 1.54) is 5.56 Å². The van der Waals surface area contributed by atoms with Crippen molar-refractivity contribution in [1.29, 1.82) is 0 Å². The molecule has 0 radical (unpaired) electrons. The first-order valence-electron chi connectivity index (χ1n) is 8.70. The highest BCUT2D eigenvalue weighted by molar-refractivity contribution is 5.77. The summed E-state index contributed by atoms with van der Waals surface area (Å²) in [5, 5.41) is 3.18. The van der Waals surface area contributed by atoms with Crippen LogP contribution in [0.5, 0.6) is 0 Å². The number of amides is 1. The summed E-state index contributed by atoms with van der Waals surface area (Å²) in [7, 11) is 0. The summed E-state index contributed by atoms with van der Waals surface area (Å²) in [6, 6.07) is 8.45. The van der Waals surface area contributed by atoms with Gasteiger partial charge in [-0.1, -0.05) is 24.3 Å². The summed E-state index contributed by atoms with van der Waals surface area (Å²) < 4.78 is 8.01. The molecule has 126 valence electrons. The van der Waals surface area contributed by atoms with Crippen LogP contribution in [0, 0.1) is 6.92 Å². The number of carbonyl (C=O) groups is 1. The zero-order valence-electron chi connectivity index (χ0n) is 14.0. The van der Waals surface area contributed by atoms with Gasteiger partial charge < -0.3 is 14.6 Å². The van der Waals surface area contributed by atoms with Crippen LogP contribution in [0.2, 0.25) is 0 Å². The van der Waals surface area contributed by atoms with E-state index in [0.717, 1.165) is 42.9 Å². The molecule has 0 saturated carbocycles. The van der Waals surface area contributed by atoms with E-state index in [4.69, 9.17) is 4.74 Å². The summed E-state index contributed by atoms with van der Waals surface area (Å²) in [5.41, 5.74) is 3.51. The van der Waals surface area contributed by atoms with Crippen molar-refractivity contribution in [3.8, 4) is 0 Å². The number of carbonyl (C=O) groups excluding carboxylic acids is 1. The van der Waals surface area contributed by atoms with E-state index in [2.05, 4.69) is 33.2 Å². The molecule has 1 aromatic heterocycles. The number of nitrogens with zero attached hydrogens (tertiary/aromatic N) is 2. The Morgan fingerprint density at radius 3 is 3.17 bits per heavy atom. The largest absolute Gasteiger partial charge is 0.373 e. The van der Waals surface area contributed by atoms with Crippen LogP contribution in [0.3, 0.4) is 0 Å². The second-order valence-corrected chi connectivity index (χ2v) is 6.77. The Labute approximate surface area is 142 Å². The minimum atomic E-state index is -0.121. The van der Waals surface area contributed by atoms with Crippen molar-refractivity contribution in [2.45, 2.75) is 51.3 Å². The molecule has 24 heavy (non-hydrogen) atoms. The Morgan fingerprint density at radius 2 is 2.25 bits per heavy atom. The molecule has 5 heteroatoms.